The largest absolute Gasteiger partial charge is 0.486 e. The van der Waals surface area contributed by atoms with Crippen LogP contribution >= 0.6 is 0 Å². The van der Waals surface area contributed by atoms with Crippen molar-refractivity contribution in [3.05, 3.63) is 54.1 Å². The van der Waals surface area contributed by atoms with Crippen LogP contribution in [0, 0.1) is 5.92 Å². The Morgan fingerprint density at radius 2 is 1.72 bits per heavy atom. The maximum Gasteiger partial charge on any atom is 0.243 e. The molecule has 2 aromatic rings. The summed E-state index contributed by atoms with van der Waals surface area (Å²) in [6.45, 7) is 4.71. The van der Waals surface area contributed by atoms with Crippen LogP contribution in [0.4, 0.5) is 0 Å². The molecule has 1 aliphatic rings. The Kier molecular flexibility index (Phi) is 6.44. The minimum atomic E-state index is -3.73. The number of nitrogens with zero attached hydrogens (tertiary/aromatic N) is 1. The zero-order chi connectivity index (χ0) is 21.0. The Morgan fingerprint density at radius 1 is 1.07 bits per heavy atom. The summed E-state index contributed by atoms with van der Waals surface area (Å²) in [6.07, 6.45) is 0. The molecule has 29 heavy (non-hydrogen) atoms. The monoisotopic (exact) mass is 418 g/mol. The predicted molar refractivity (Wildman–Crippen MR) is 109 cm³/mol. The van der Waals surface area contributed by atoms with E-state index in [-0.39, 0.29) is 29.3 Å². The van der Waals surface area contributed by atoms with Crippen LogP contribution in [0.2, 0.25) is 0 Å². The lowest BCUT2D eigenvalue weighted by molar-refractivity contribution is -0.122. The number of amides is 1. The molecule has 0 aromatic heterocycles. The van der Waals surface area contributed by atoms with Crippen molar-refractivity contribution in [1.29, 1.82) is 0 Å². The van der Waals surface area contributed by atoms with Gasteiger partial charge < -0.3 is 14.8 Å². The summed E-state index contributed by atoms with van der Waals surface area (Å²) in [5, 5.41) is 2.95. The van der Waals surface area contributed by atoms with Gasteiger partial charge in [0.15, 0.2) is 11.5 Å². The molecule has 2 aromatic carbocycles. The van der Waals surface area contributed by atoms with Gasteiger partial charge in [-0.2, -0.15) is 4.31 Å². The van der Waals surface area contributed by atoms with Crippen molar-refractivity contribution in [3.8, 4) is 11.5 Å². The summed E-state index contributed by atoms with van der Waals surface area (Å²) >= 11 is 0. The number of hydrogen-bond donors (Lipinski definition) is 1. The molecule has 1 amide bonds. The van der Waals surface area contributed by atoms with E-state index < -0.39 is 10.0 Å². The van der Waals surface area contributed by atoms with E-state index in [2.05, 4.69) is 5.32 Å². The highest BCUT2D eigenvalue weighted by Gasteiger charge is 2.26. The second-order valence-electron chi connectivity index (χ2n) is 7.27. The number of benzene rings is 2. The van der Waals surface area contributed by atoms with E-state index in [1.54, 1.807) is 18.2 Å². The van der Waals surface area contributed by atoms with Gasteiger partial charge in [-0.3, -0.25) is 4.79 Å². The minimum Gasteiger partial charge on any atom is -0.486 e. The molecule has 156 valence electrons. The van der Waals surface area contributed by atoms with Gasteiger partial charge in [-0.25, -0.2) is 8.42 Å². The molecule has 0 radical (unpaired) electrons. The van der Waals surface area contributed by atoms with Gasteiger partial charge in [-0.05, 0) is 35.7 Å². The van der Waals surface area contributed by atoms with Crippen LogP contribution in [0.1, 0.15) is 25.5 Å². The first kappa shape index (κ1) is 21.1. The Hall–Kier alpha value is -2.58. The number of carbonyl (C=O) groups excluding carboxylic acids is 1. The molecule has 1 heterocycles. The second-order valence-corrected chi connectivity index (χ2v) is 9.31. The van der Waals surface area contributed by atoms with Crippen molar-refractivity contribution in [2.24, 2.45) is 5.92 Å². The van der Waals surface area contributed by atoms with Crippen LogP contribution in [0.15, 0.2) is 53.4 Å². The molecular formula is C21H26N2O5S. The van der Waals surface area contributed by atoms with Crippen LogP contribution < -0.4 is 14.8 Å². The number of fused-ring (bicyclic) bond motifs is 1. The molecule has 1 atom stereocenters. The lowest BCUT2D eigenvalue weighted by atomic mass is 9.95. The summed E-state index contributed by atoms with van der Waals surface area (Å²) in [5.74, 6) is 1.05. The highest BCUT2D eigenvalue weighted by molar-refractivity contribution is 7.89. The van der Waals surface area contributed by atoms with Crippen molar-refractivity contribution < 1.29 is 22.7 Å². The van der Waals surface area contributed by atoms with Gasteiger partial charge in [-0.15, -0.1) is 0 Å². The van der Waals surface area contributed by atoms with Crippen LogP contribution in [0.25, 0.3) is 0 Å². The highest BCUT2D eigenvalue weighted by Crippen LogP contribution is 2.34. The summed E-state index contributed by atoms with van der Waals surface area (Å²) in [6, 6.07) is 13.4. The normalized spacial score (nSPS) is 14.7. The third-order valence-corrected chi connectivity index (χ3v) is 6.54. The fraction of sp³-hybridized carbons (Fsp3) is 0.381. The highest BCUT2D eigenvalue weighted by atomic mass is 32.2. The molecule has 1 unspecified atom stereocenters. The maximum absolute atomic E-state index is 12.6. The molecule has 0 saturated carbocycles. The van der Waals surface area contributed by atoms with Crippen LogP contribution in [-0.2, 0) is 14.8 Å². The predicted octanol–water partition coefficient (Wildman–Crippen LogP) is 2.59. The van der Waals surface area contributed by atoms with E-state index in [0.717, 1.165) is 9.87 Å². The van der Waals surface area contributed by atoms with Gasteiger partial charge in [0, 0.05) is 7.05 Å². The minimum absolute atomic E-state index is 0.0949. The molecule has 1 N–H and O–H groups in total. The number of carbonyl (C=O) groups is 1. The van der Waals surface area contributed by atoms with Gasteiger partial charge in [0.25, 0.3) is 0 Å². The fourth-order valence-corrected chi connectivity index (χ4v) is 4.32. The smallest absolute Gasteiger partial charge is 0.243 e. The van der Waals surface area contributed by atoms with Gasteiger partial charge in [0.2, 0.25) is 15.9 Å². The Morgan fingerprint density at radius 3 is 2.38 bits per heavy atom. The summed E-state index contributed by atoms with van der Waals surface area (Å²) in [7, 11) is -2.33. The Balaban J connectivity index is 1.72. The quantitative estimate of drug-likeness (QED) is 0.747. The molecule has 3 rings (SSSR count). The molecule has 7 nitrogen and oxygen atoms in total. The van der Waals surface area contributed by atoms with Crippen molar-refractivity contribution in [2.45, 2.75) is 24.8 Å². The van der Waals surface area contributed by atoms with Crippen molar-refractivity contribution in [3.63, 3.8) is 0 Å². The van der Waals surface area contributed by atoms with Crippen molar-refractivity contribution in [1.82, 2.24) is 9.62 Å². The Labute approximate surface area is 171 Å². The first-order chi connectivity index (χ1) is 13.8. The number of likely N-dealkylation sites (N-methyl/N-ethyl adjacent to an activating group) is 1. The zero-order valence-electron chi connectivity index (χ0n) is 16.8. The maximum atomic E-state index is 12.6. The van der Waals surface area contributed by atoms with Gasteiger partial charge >= 0.3 is 0 Å². The van der Waals surface area contributed by atoms with Crippen molar-refractivity contribution in [2.75, 3.05) is 26.8 Å². The number of nitrogens with one attached hydrogen (secondary N) is 1. The van der Waals surface area contributed by atoms with Gasteiger partial charge in [0.05, 0.1) is 17.5 Å². The fourth-order valence-electron chi connectivity index (χ4n) is 3.17. The number of hydrogen-bond acceptors (Lipinski definition) is 5. The summed E-state index contributed by atoms with van der Waals surface area (Å²) < 4.78 is 37.5. The molecule has 8 heteroatoms. The van der Waals surface area contributed by atoms with E-state index in [0.29, 0.717) is 24.7 Å². The third-order valence-electron chi connectivity index (χ3n) is 4.73. The average Bonchev–Trinajstić information content (AvgIpc) is 2.72. The van der Waals surface area contributed by atoms with E-state index in [1.807, 2.05) is 32.0 Å². The summed E-state index contributed by atoms with van der Waals surface area (Å²) in [4.78, 5) is 12.8. The third kappa shape index (κ3) is 4.89. The van der Waals surface area contributed by atoms with E-state index in [1.165, 1.54) is 19.2 Å². The first-order valence-electron chi connectivity index (χ1n) is 9.49. The molecule has 0 fully saturated rings. The van der Waals surface area contributed by atoms with Crippen molar-refractivity contribution >= 4 is 15.9 Å². The standard InChI is InChI=1S/C21H26N2O5S/c1-15(2)21(16-9-10-18-19(13-16)28-12-11-27-18)22-20(24)14-23(3)29(25,26)17-7-5-4-6-8-17/h4-10,13,15,21H,11-12,14H2,1-3H3,(H,22,24). The van der Waals surface area contributed by atoms with Crippen LogP contribution in [0.3, 0.4) is 0 Å². The number of sulfonamides is 1. The van der Waals surface area contributed by atoms with Gasteiger partial charge in [0.1, 0.15) is 13.2 Å². The van der Waals surface area contributed by atoms with Gasteiger partial charge in [-0.1, -0.05) is 38.1 Å². The lowest BCUT2D eigenvalue weighted by Crippen LogP contribution is -2.41. The molecule has 0 spiro atoms. The molecule has 0 saturated heterocycles. The van der Waals surface area contributed by atoms with E-state index >= 15 is 0 Å². The SMILES string of the molecule is CC(C)C(NC(=O)CN(C)S(=O)(=O)c1ccccc1)c1ccc2c(c1)OCCO2. The topological polar surface area (TPSA) is 84.9 Å². The van der Waals surface area contributed by atoms with E-state index in [4.69, 9.17) is 9.47 Å². The Bertz CT molecular complexity index is 960. The molecular weight excluding hydrogens is 392 g/mol. The first-order valence-corrected chi connectivity index (χ1v) is 10.9. The molecule has 1 aliphatic heterocycles. The molecule has 0 aliphatic carbocycles. The van der Waals surface area contributed by atoms with Crippen LogP contribution in [0.5, 0.6) is 11.5 Å². The van der Waals surface area contributed by atoms with Crippen LogP contribution in [-0.4, -0.2) is 45.4 Å². The lowest BCUT2D eigenvalue weighted by Gasteiger charge is -2.26. The second kappa shape index (κ2) is 8.84. The molecule has 0 bridgehead atoms. The average molecular weight is 419 g/mol. The number of ether oxygens (including phenoxy) is 2. The van der Waals surface area contributed by atoms with E-state index in [9.17, 15) is 13.2 Å². The zero-order valence-corrected chi connectivity index (χ0v) is 17.6. The summed E-state index contributed by atoms with van der Waals surface area (Å²) in [5.41, 5.74) is 0.881. The number of rotatable bonds is 7.